The molecule has 2 heterocycles. The highest BCUT2D eigenvalue weighted by molar-refractivity contribution is 6.08. The van der Waals surface area contributed by atoms with Crippen molar-refractivity contribution in [2.24, 2.45) is 0 Å². The molecule has 1 aliphatic rings. The van der Waals surface area contributed by atoms with Gasteiger partial charge in [-0.05, 0) is 18.9 Å². The Labute approximate surface area is 135 Å². The van der Waals surface area contributed by atoms with E-state index in [2.05, 4.69) is 5.32 Å². The van der Waals surface area contributed by atoms with Gasteiger partial charge in [-0.1, -0.05) is 25.1 Å². The SMILES string of the molecule is CCC(=O)c1cn(CC(=O)NC[C@@H]2CCCO2)c2ccccc12. The summed E-state index contributed by atoms with van der Waals surface area (Å²) in [5.74, 6) is 0.0384. The van der Waals surface area contributed by atoms with Gasteiger partial charge in [0.05, 0.1) is 6.10 Å². The first-order chi connectivity index (χ1) is 11.2. The van der Waals surface area contributed by atoms with Gasteiger partial charge in [-0.2, -0.15) is 0 Å². The summed E-state index contributed by atoms with van der Waals surface area (Å²) in [5.41, 5.74) is 1.60. The number of benzene rings is 1. The second-order valence-corrected chi connectivity index (χ2v) is 5.90. The minimum Gasteiger partial charge on any atom is -0.376 e. The lowest BCUT2D eigenvalue weighted by atomic mass is 10.1. The largest absolute Gasteiger partial charge is 0.376 e. The van der Waals surface area contributed by atoms with Crippen LogP contribution in [0.5, 0.6) is 0 Å². The van der Waals surface area contributed by atoms with Gasteiger partial charge in [-0.15, -0.1) is 0 Å². The third kappa shape index (κ3) is 3.45. The summed E-state index contributed by atoms with van der Waals surface area (Å²) in [7, 11) is 0. The molecule has 0 radical (unpaired) electrons. The summed E-state index contributed by atoms with van der Waals surface area (Å²) in [5, 5.41) is 3.83. The third-order valence-corrected chi connectivity index (χ3v) is 4.27. The molecule has 5 heteroatoms. The lowest BCUT2D eigenvalue weighted by Crippen LogP contribution is -2.34. The van der Waals surface area contributed by atoms with Crippen molar-refractivity contribution < 1.29 is 14.3 Å². The summed E-state index contributed by atoms with van der Waals surface area (Å²) in [4.78, 5) is 24.3. The predicted molar refractivity (Wildman–Crippen MR) is 88.5 cm³/mol. The number of fused-ring (bicyclic) bond motifs is 1. The van der Waals surface area contributed by atoms with E-state index >= 15 is 0 Å². The molecule has 0 aliphatic carbocycles. The van der Waals surface area contributed by atoms with Crippen LogP contribution in [-0.2, 0) is 16.1 Å². The minimum atomic E-state index is -0.0586. The van der Waals surface area contributed by atoms with E-state index in [1.807, 2.05) is 35.8 Å². The number of nitrogens with one attached hydrogen (secondary N) is 1. The van der Waals surface area contributed by atoms with Gasteiger partial charge in [0.1, 0.15) is 6.54 Å². The maximum absolute atomic E-state index is 12.2. The Bertz CT molecular complexity index is 714. The summed E-state index contributed by atoms with van der Waals surface area (Å²) in [6, 6.07) is 7.70. The van der Waals surface area contributed by atoms with Gasteiger partial charge >= 0.3 is 0 Å². The molecule has 122 valence electrons. The van der Waals surface area contributed by atoms with Crippen molar-refractivity contribution >= 4 is 22.6 Å². The van der Waals surface area contributed by atoms with Crippen molar-refractivity contribution in [3.63, 3.8) is 0 Å². The molecule has 1 saturated heterocycles. The number of carbonyl (C=O) groups is 2. The topological polar surface area (TPSA) is 60.3 Å². The van der Waals surface area contributed by atoms with Gasteiger partial charge in [-0.25, -0.2) is 0 Å². The van der Waals surface area contributed by atoms with E-state index in [1.54, 1.807) is 6.20 Å². The normalized spacial score (nSPS) is 17.5. The summed E-state index contributed by atoms with van der Waals surface area (Å²) < 4.78 is 7.36. The van der Waals surface area contributed by atoms with Crippen molar-refractivity contribution in [2.45, 2.75) is 38.8 Å². The average Bonchev–Trinajstić information content (AvgIpc) is 3.21. The number of rotatable bonds is 6. The fourth-order valence-electron chi connectivity index (χ4n) is 3.03. The number of hydrogen-bond acceptors (Lipinski definition) is 3. The van der Waals surface area contributed by atoms with Crippen molar-refractivity contribution in [3.05, 3.63) is 36.0 Å². The monoisotopic (exact) mass is 314 g/mol. The number of carbonyl (C=O) groups excluding carboxylic acids is 2. The summed E-state index contributed by atoms with van der Waals surface area (Å²) in [6.45, 7) is 3.40. The molecule has 0 bridgehead atoms. The van der Waals surface area contributed by atoms with Crippen molar-refractivity contribution in [1.29, 1.82) is 0 Å². The second kappa shape index (κ2) is 6.96. The highest BCUT2D eigenvalue weighted by Crippen LogP contribution is 2.22. The highest BCUT2D eigenvalue weighted by atomic mass is 16.5. The second-order valence-electron chi connectivity index (χ2n) is 5.90. The Balaban J connectivity index is 1.74. The molecule has 1 aromatic heterocycles. The standard InChI is InChI=1S/C18H22N2O3/c1-2-17(21)15-11-20(16-8-4-3-7-14(15)16)12-18(22)19-10-13-6-5-9-23-13/h3-4,7-8,11,13H,2,5-6,9-10,12H2,1H3,(H,19,22)/t13-/m0/s1. The quantitative estimate of drug-likeness (QED) is 0.834. The van der Waals surface area contributed by atoms with E-state index in [0.717, 1.165) is 30.4 Å². The molecule has 1 fully saturated rings. The molecule has 2 aromatic rings. The van der Waals surface area contributed by atoms with Crippen LogP contribution in [-0.4, -0.2) is 35.5 Å². The smallest absolute Gasteiger partial charge is 0.240 e. The van der Waals surface area contributed by atoms with Gasteiger partial charge < -0.3 is 14.6 Å². The number of para-hydroxylation sites is 1. The van der Waals surface area contributed by atoms with Gasteiger partial charge in [0.25, 0.3) is 0 Å². The molecule has 1 N–H and O–H groups in total. The van der Waals surface area contributed by atoms with Crippen LogP contribution in [0.25, 0.3) is 10.9 Å². The number of aromatic nitrogens is 1. The van der Waals surface area contributed by atoms with Crippen LogP contribution in [0.3, 0.4) is 0 Å². The molecule has 1 amide bonds. The van der Waals surface area contributed by atoms with Crippen LogP contribution in [0.15, 0.2) is 30.5 Å². The van der Waals surface area contributed by atoms with Crippen LogP contribution >= 0.6 is 0 Å². The van der Waals surface area contributed by atoms with E-state index in [9.17, 15) is 9.59 Å². The van der Waals surface area contributed by atoms with Crippen LogP contribution in [0.2, 0.25) is 0 Å². The molecule has 0 unspecified atom stereocenters. The van der Waals surface area contributed by atoms with Gasteiger partial charge in [-0.3, -0.25) is 9.59 Å². The van der Waals surface area contributed by atoms with Crippen LogP contribution in [0, 0.1) is 0 Å². The maximum Gasteiger partial charge on any atom is 0.240 e. The molecule has 1 aliphatic heterocycles. The Morgan fingerprint density at radius 3 is 2.91 bits per heavy atom. The van der Waals surface area contributed by atoms with Crippen LogP contribution in [0.1, 0.15) is 36.5 Å². The Morgan fingerprint density at radius 1 is 1.35 bits per heavy atom. The lowest BCUT2D eigenvalue weighted by molar-refractivity contribution is -0.122. The zero-order valence-corrected chi connectivity index (χ0v) is 13.4. The fourth-order valence-corrected chi connectivity index (χ4v) is 3.03. The fraction of sp³-hybridized carbons (Fsp3) is 0.444. The third-order valence-electron chi connectivity index (χ3n) is 4.27. The number of ether oxygens (including phenoxy) is 1. The Hall–Kier alpha value is -2.14. The first kappa shape index (κ1) is 15.7. The number of ketones is 1. The van der Waals surface area contributed by atoms with E-state index in [-0.39, 0.29) is 24.3 Å². The zero-order valence-electron chi connectivity index (χ0n) is 13.4. The number of Topliss-reactive ketones (excluding diaryl/α,β-unsaturated/α-hetero) is 1. The Morgan fingerprint density at radius 2 is 2.17 bits per heavy atom. The van der Waals surface area contributed by atoms with E-state index in [4.69, 9.17) is 4.74 Å². The maximum atomic E-state index is 12.2. The minimum absolute atomic E-state index is 0.0586. The zero-order chi connectivity index (χ0) is 16.2. The molecule has 5 nitrogen and oxygen atoms in total. The highest BCUT2D eigenvalue weighted by Gasteiger charge is 2.18. The molecular weight excluding hydrogens is 292 g/mol. The van der Waals surface area contributed by atoms with Crippen molar-refractivity contribution in [2.75, 3.05) is 13.2 Å². The van der Waals surface area contributed by atoms with Crippen LogP contribution < -0.4 is 5.32 Å². The van der Waals surface area contributed by atoms with Gasteiger partial charge in [0.2, 0.25) is 5.91 Å². The van der Waals surface area contributed by atoms with E-state index in [1.165, 1.54) is 0 Å². The van der Waals surface area contributed by atoms with E-state index in [0.29, 0.717) is 18.5 Å². The molecule has 3 rings (SSSR count). The van der Waals surface area contributed by atoms with Gasteiger partial charge in [0, 0.05) is 42.2 Å². The molecule has 1 atom stereocenters. The summed E-state index contributed by atoms with van der Waals surface area (Å²) in [6.07, 6.45) is 4.45. The number of nitrogens with zero attached hydrogens (tertiary/aromatic N) is 1. The molecule has 23 heavy (non-hydrogen) atoms. The Kier molecular flexibility index (Phi) is 4.76. The van der Waals surface area contributed by atoms with Crippen LogP contribution in [0.4, 0.5) is 0 Å². The average molecular weight is 314 g/mol. The molecule has 0 saturated carbocycles. The predicted octanol–water partition coefficient (Wildman–Crippen LogP) is 2.53. The molecular formula is C18H22N2O3. The summed E-state index contributed by atoms with van der Waals surface area (Å²) >= 11 is 0. The van der Waals surface area contributed by atoms with E-state index < -0.39 is 0 Å². The van der Waals surface area contributed by atoms with Gasteiger partial charge in [0.15, 0.2) is 5.78 Å². The first-order valence-corrected chi connectivity index (χ1v) is 8.18. The molecule has 1 aromatic carbocycles. The number of hydrogen-bond donors (Lipinski definition) is 1. The van der Waals surface area contributed by atoms with Crippen molar-refractivity contribution in [3.8, 4) is 0 Å². The molecule has 0 spiro atoms. The van der Waals surface area contributed by atoms with Crippen molar-refractivity contribution in [1.82, 2.24) is 9.88 Å². The first-order valence-electron chi connectivity index (χ1n) is 8.18. The number of amides is 1. The lowest BCUT2D eigenvalue weighted by Gasteiger charge is -2.11.